The zero-order valence-corrected chi connectivity index (χ0v) is 12.0. The van der Waals surface area contributed by atoms with Crippen LogP contribution in [-0.4, -0.2) is 38.1 Å². The van der Waals surface area contributed by atoms with Gasteiger partial charge in [-0.15, -0.1) is 0 Å². The van der Waals surface area contributed by atoms with E-state index in [1.807, 2.05) is 0 Å². The number of rotatable bonds is 8. The van der Waals surface area contributed by atoms with Crippen molar-refractivity contribution in [2.24, 2.45) is 5.73 Å². The van der Waals surface area contributed by atoms with E-state index in [1.165, 1.54) is 26.4 Å². The summed E-state index contributed by atoms with van der Waals surface area (Å²) in [5.41, 5.74) is 4.96. The minimum Gasteiger partial charge on any atom is -0.493 e. The molecule has 0 aromatic heterocycles. The Morgan fingerprint density at radius 1 is 1.29 bits per heavy atom. The van der Waals surface area contributed by atoms with Crippen molar-refractivity contribution in [1.29, 1.82) is 0 Å². The normalized spacial score (nSPS) is 10.0. The predicted molar refractivity (Wildman–Crippen MR) is 76.8 cm³/mol. The zero-order valence-electron chi connectivity index (χ0n) is 12.0. The fourth-order valence-corrected chi connectivity index (χ4v) is 1.77. The summed E-state index contributed by atoms with van der Waals surface area (Å²) < 4.78 is 10.1. The molecule has 0 saturated carbocycles. The highest BCUT2D eigenvalue weighted by molar-refractivity contribution is 5.99. The molecule has 0 bridgehead atoms. The maximum atomic E-state index is 12.1. The molecule has 116 valence electrons. The van der Waals surface area contributed by atoms with Crippen molar-refractivity contribution in [2.45, 2.75) is 12.8 Å². The van der Waals surface area contributed by atoms with Gasteiger partial charge in [0.05, 0.1) is 25.2 Å². The molecule has 0 radical (unpaired) electrons. The van der Waals surface area contributed by atoms with Gasteiger partial charge in [-0.1, -0.05) is 0 Å². The van der Waals surface area contributed by atoms with E-state index in [0.29, 0.717) is 19.5 Å². The Bertz CT molecular complexity index is 519. The van der Waals surface area contributed by atoms with Gasteiger partial charge in [0.15, 0.2) is 11.5 Å². The Labute approximate surface area is 122 Å². The lowest BCUT2D eigenvalue weighted by atomic mass is 10.1. The first-order chi connectivity index (χ1) is 10.0. The van der Waals surface area contributed by atoms with E-state index >= 15 is 0 Å². The smallest absolute Gasteiger partial charge is 0.286 e. The number of ether oxygens (including phenoxy) is 2. The number of methoxy groups -OCH3 is 2. The van der Waals surface area contributed by atoms with Gasteiger partial charge in [0.2, 0.25) is 0 Å². The summed E-state index contributed by atoms with van der Waals surface area (Å²) in [4.78, 5) is 22.5. The number of carbonyl (C=O) groups excluding carboxylic acids is 1. The summed E-state index contributed by atoms with van der Waals surface area (Å²) in [7, 11) is 2.76. The fraction of sp³-hybridized carbons (Fsp3) is 0.462. The molecule has 3 N–H and O–H groups in total. The molecule has 0 heterocycles. The number of unbranched alkanes of at least 4 members (excludes halogenated alkanes) is 1. The second-order valence-corrected chi connectivity index (χ2v) is 4.23. The molecule has 0 aliphatic heterocycles. The van der Waals surface area contributed by atoms with Gasteiger partial charge in [-0.3, -0.25) is 14.9 Å². The summed E-state index contributed by atoms with van der Waals surface area (Å²) in [6.45, 7) is 0.938. The lowest BCUT2D eigenvalue weighted by Gasteiger charge is -2.10. The summed E-state index contributed by atoms with van der Waals surface area (Å²) in [5.74, 6) is -0.0706. The summed E-state index contributed by atoms with van der Waals surface area (Å²) >= 11 is 0. The van der Waals surface area contributed by atoms with Crippen molar-refractivity contribution in [1.82, 2.24) is 5.32 Å². The van der Waals surface area contributed by atoms with Crippen molar-refractivity contribution >= 4 is 11.6 Å². The van der Waals surface area contributed by atoms with Gasteiger partial charge in [-0.25, -0.2) is 0 Å². The second-order valence-electron chi connectivity index (χ2n) is 4.23. The zero-order chi connectivity index (χ0) is 15.8. The predicted octanol–water partition coefficient (Wildman–Crippen LogP) is 1.08. The SMILES string of the molecule is COc1cc(C(=O)NCCCCN)c([N+](=O)[O-])cc1OC. The molecule has 1 amide bonds. The van der Waals surface area contributed by atoms with Crippen LogP contribution in [-0.2, 0) is 0 Å². The molecule has 8 nitrogen and oxygen atoms in total. The van der Waals surface area contributed by atoms with Crippen molar-refractivity contribution in [3.05, 3.63) is 27.8 Å². The number of hydrogen-bond donors (Lipinski definition) is 2. The standard InChI is InChI=1S/C13H19N3O5/c1-20-11-7-9(13(17)15-6-4-3-5-14)10(16(18)19)8-12(11)21-2/h7-8H,3-6,14H2,1-2H3,(H,15,17). The lowest BCUT2D eigenvalue weighted by Crippen LogP contribution is -2.25. The molecule has 0 aliphatic carbocycles. The van der Waals surface area contributed by atoms with Gasteiger partial charge in [-0.05, 0) is 19.4 Å². The molecular weight excluding hydrogens is 278 g/mol. The van der Waals surface area contributed by atoms with Crippen LogP contribution in [0.5, 0.6) is 11.5 Å². The number of nitro groups is 1. The quantitative estimate of drug-likeness (QED) is 0.421. The van der Waals surface area contributed by atoms with Crippen molar-refractivity contribution in [2.75, 3.05) is 27.3 Å². The third-order valence-corrected chi connectivity index (χ3v) is 2.86. The van der Waals surface area contributed by atoms with Gasteiger partial charge in [-0.2, -0.15) is 0 Å². The highest BCUT2D eigenvalue weighted by Crippen LogP contribution is 2.34. The van der Waals surface area contributed by atoms with Crippen LogP contribution in [0.2, 0.25) is 0 Å². The molecule has 0 fully saturated rings. The lowest BCUT2D eigenvalue weighted by molar-refractivity contribution is -0.385. The average Bonchev–Trinajstić information content (AvgIpc) is 2.49. The van der Waals surface area contributed by atoms with Crippen LogP contribution in [0.3, 0.4) is 0 Å². The number of nitrogens with two attached hydrogens (primary N) is 1. The number of nitrogens with zero attached hydrogens (tertiary/aromatic N) is 1. The molecule has 1 aromatic carbocycles. The Morgan fingerprint density at radius 3 is 2.43 bits per heavy atom. The van der Waals surface area contributed by atoms with E-state index in [1.54, 1.807) is 0 Å². The maximum absolute atomic E-state index is 12.1. The Morgan fingerprint density at radius 2 is 1.90 bits per heavy atom. The summed E-state index contributed by atoms with van der Waals surface area (Å²) in [5, 5.41) is 13.7. The average molecular weight is 297 g/mol. The second kappa shape index (κ2) is 8.05. The highest BCUT2D eigenvalue weighted by atomic mass is 16.6. The van der Waals surface area contributed by atoms with E-state index in [-0.39, 0.29) is 22.7 Å². The van der Waals surface area contributed by atoms with E-state index in [2.05, 4.69) is 5.32 Å². The number of amides is 1. The molecule has 8 heteroatoms. The Kier molecular flexibility index (Phi) is 6.41. The molecule has 0 aliphatic rings. The van der Waals surface area contributed by atoms with Crippen LogP contribution in [0.4, 0.5) is 5.69 Å². The molecule has 0 spiro atoms. The van der Waals surface area contributed by atoms with Gasteiger partial charge >= 0.3 is 0 Å². The maximum Gasteiger partial charge on any atom is 0.286 e. The van der Waals surface area contributed by atoms with Gasteiger partial charge < -0.3 is 20.5 Å². The summed E-state index contributed by atoms with van der Waals surface area (Å²) in [6, 6.07) is 2.48. The molecule has 21 heavy (non-hydrogen) atoms. The number of nitrogens with one attached hydrogen (secondary N) is 1. The minimum absolute atomic E-state index is 0.0644. The highest BCUT2D eigenvalue weighted by Gasteiger charge is 2.24. The fourth-order valence-electron chi connectivity index (χ4n) is 1.77. The van der Waals surface area contributed by atoms with Crippen LogP contribution in [0.15, 0.2) is 12.1 Å². The number of carbonyl (C=O) groups is 1. The monoisotopic (exact) mass is 297 g/mol. The Hall–Kier alpha value is -2.35. The molecule has 0 saturated heterocycles. The molecular formula is C13H19N3O5. The molecule has 0 unspecified atom stereocenters. The first-order valence-electron chi connectivity index (χ1n) is 6.43. The van der Waals surface area contributed by atoms with E-state index in [4.69, 9.17) is 15.2 Å². The van der Waals surface area contributed by atoms with Crippen LogP contribution < -0.4 is 20.5 Å². The Balaban J connectivity index is 3.03. The van der Waals surface area contributed by atoms with E-state index < -0.39 is 10.8 Å². The third-order valence-electron chi connectivity index (χ3n) is 2.86. The van der Waals surface area contributed by atoms with Crippen molar-refractivity contribution < 1.29 is 19.2 Å². The first kappa shape index (κ1) is 16.7. The van der Waals surface area contributed by atoms with E-state index in [0.717, 1.165) is 6.42 Å². The number of nitro benzene ring substituents is 1. The van der Waals surface area contributed by atoms with Gasteiger partial charge in [0.25, 0.3) is 11.6 Å². The minimum atomic E-state index is -0.628. The third kappa shape index (κ3) is 4.32. The number of benzene rings is 1. The molecule has 1 rings (SSSR count). The van der Waals surface area contributed by atoms with Crippen LogP contribution in [0.1, 0.15) is 23.2 Å². The molecule has 0 atom stereocenters. The van der Waals surface area contributed by atoms with Crippen LogP contribution >= 0.6 is 0 Å². The van der Waals surface area contributed by atoms with Crippen molar-refractivity contribution in [3.63, 3.8) is 0 Å². The van der Waals surface area contributed by atoms with Gasteiger partial charge in [0, 0.05) is 12.6 Å². The summed E-state index contributed by atoms with van der Waals surface area (Å²) in [6.07, 6.45) is 1.48. The van der Waals surface area contributed by atoms with Gasteiger partial charge in [0.1, 0.15) is 5.56 Å². The van der Waals surface area contributed by atoms with E-state index in [9.17, 15) is 14.9 Å². The van der Waals surface area contributed by atoms with Crippen LogP contribution in [0.25, 0.3) is 0 Å². The van der Waals surface area contributed by atoms with Crippen molar-refractivity contribution in [3.8, 4) is 11.5 Å². The largest absolute Gasteiger partial charge is 0.493 e. The first-order valence-corrected chi connectivity index (χ1v) is 6.43. The van der Waals surface area contributed by atoms with Crippen LogP contribution in [0, 0.1) is 10.1 Å². The molecule has 1 aromatic rings. The number of hydrogen-bond acceptors (Lipinski definition) is 6. The topological polar surface area (TPSA) is 117 Å².